The Bertz CT molecular complexity index is 545. The van der Waals surface area contributed by atoms with Crippen molar-refractivity contribution in [2.45, 2.75) is 70.5 Å². The number of benzene rings is 1. The summed E-state index contributed by atoms with van der Waals surface area (Å²) in [6.45, 7) is 5.29. The molecule has 0 N–H and O–H groups in total. The number of carbonyl (C=O) groups excluding carboxylic acids is 1. The number of aryl methyl sites for hydroxylation is 1. The molecule has 2 saturated heterocycles. The molecular formula is C22H33NO3. The normalized spacial score (nSPS) is 23.1. The average Bonchev–Trinajstić information content (AvgIpc) is 3.18. The zero-order chi connectivity index (χ0) is 18.2. The van der Waals surface area contributed by atoms with Gasteiger partial charge in [0.15, 0.2) is 0 Å². The molecule has 2 aliphatic rings. The minimum Gasteiger partial charge on any atom is -0.378 e. The molecule has 0 aromatic heterocycles. The van der Waals surface area contributed by atoms with E-state index in [1.54, 1.807) is 0 Å². The monoisotopic (exact) mass is 359 g/mol. The predicted molar refractivity (Wildman–Crippen MR) is 103 cm³/mol. The number of amides is 1. The Hall–Kier alpha value is -1.39. The molecule has 2 fully saturated rings. The van der Waals surface area contributed by atoms with Gasteiger partial charge in [0.25, 0.3) is 0 Å². The Balaban J connectivity index is 1.52. The van der Waals surface area contributed by atoms with E-state index in [9.17, 15) is 4.79 Å². The number of ether oxygens (including phenoxy) is 2. The number of hydrogen-bond donors (Lipinski definition) is 0. The van der Waals surface area contributed by atoms with Crippen LogP contribution >= 0.6 is 0 Å². The van der Waals surface area contributed by atoms with Crippen molar-refractivity contribution in [3.63, 3.8) is 0 Å². The number of carbonyl (C=O) groups is 1. The molecule has 3 rings (SSSR count). The molecule has 1 amide bonds. The van der Waals surface area contributed by atoms with Crippen LogP contribution in [0, 0.1) is 6.92 Å². The van der Waals surface area contributed by atoms with Gasteiger partial charge in [-0.05, 0) is 57.4 Å². The minimum atomic E-state index is 0.211. The van der Waals surface area contributed by atoms with Crippen molar-refractivity contribution in [1.82, 2.24) is 4.90 Å². The summed E-state index contributed by atoms with van der Waals surface area (Å²) < 4.78 is 11.6. The third kappa shape index (κ3) is 6.10. The number of rotatable bonds is 8. The predicted octanol–water partition coefficient (Wildman–Crippen LogP) is 3.89. The molecule has 2 heterocycles. The lowest BCUT2D eigenvalue weighted by Crippen LogP contribution is -2.39. The van der Waals surface area contributed by atoms with E-state index < -0.39 is 0 Å². The van der Waals surface area contributed by atoms with Gasteiger partial charge in [-0.15, -0.1) is 0 Å². The molecule has 0 unspecified atom stereocenters. The van der Waals surface area contributed by atoms with Crippen molar-refractivity contribution in [3.05, 3.63) is 35.4 Å². The Morgan fingerprint density at radius 3 is 2.46 bits per heavy atom. The molecule has 26 heavy (non-hydrogen) atoms. The highest BCUT2D eigenvalue weighted by atomic mass is 16.5. The van der Waals surface area contributed by atoms with Gasteiger partial charge < -0.3 is 14.4 Å². The summed E-state index contributed by atoms with van der Waals surface area (Å²) in [5.74, 6) is 0.252. The first-order chi connectivity index (χ1) is 12.7. The summed E-state index contributed by atoms with van der Waals surface area (Å²) in [5.41, 5.74) is 2.56. The van der Waals surface area contributed by atoms with Crippen molar-refractivity contribution >= 4 is 5.91 Å². The minimum absolute atomic E-state index is 0.211. The summed E-state index contributed by atoms with van der Waals surface area (Å²) in [6.07, 6.45) is 8.49. The number of nitrogens with zero attached hydrogens (tertiary/aromatic N) is 1. The van der Waals surface area contributed by atoms with Crippen molar-refractivity contribution < 1.29 is 14.3 Å². The van der Waals surface area contributed by atoms with Crippen LogP contribution in [-0.4, -0.2) is 49.3 Å². The summed E-state index contributed by atoms with van der Waals surface area (Å²) >= 11 is 0. The van der Waals surface area contributed by atoms with Gasteiger partial charge in [-0.1, -0.05) is 29.8 Å². The SMILES string of the molecule is Cc1ccc(CCN(C[C@H]2CCCO2)C(=O)CC[C@H]2CCCCO2)cc1. The average molecular weight is 360 g/mol. The first kappa shape index (κ1) is 19.4. The molecule has 0 aliphatic carbocycles. The van der Waals surface area contributed by atoms with Gasteiger partial charge in [-0.25, -0.2) is 0 Å². The van der Waals surface area contributed by atoms with Crippen LogP contribution in [0.15, 0.2) is 24.3 Å². The van der Waals surface area contributed by atoms with E-state index in [0.717, 1.165) is 64.8 Å². The molecule has 0 saturated carbocycles. The highest BCUT2D eigenvalue weighted by Gasteiger charge is 2.23. The van der Waals surface area contributed by atoms with Crippen molar-refractivity contribution in [2.75, 3.05) is 26.3 Å². The molecule has 0 bridgehead atoms. The third-order valence-corrected chi connectivity index (χ3v) is 5.55. The second kappa shape index (κ2) is 10.1. The van der Waals surface area contributed by atoms with Crippen LogP contribution in [0.4, 0.5) is 0 Å². The topological polar surface area (TPSA) is 38.8 Å². The lowest BCUT2D eigenvalue weighted by atomic mass is 10.0. The van der Waals surface area contributed by atoms with Gasteiger partial charge in [0.2, 0.25) is 5.91 Å². The Kier molecular flexibility index (Phi) is 7.51. The molecule has 2 aliphatic heterocycles. The standard InChI is InChI=1S/C22H33NO3/c1-18-7-9-19(10-8-18)13-14-23(17-21-6-4-16-26-21)22(24)12-11-20-5-2-3-15-25-20/h7-10,20-21H,2-6,11-17H2,1H3/t20-,21-/m1/s1. The maximum Gasteiger partial charge on any atom is 0.222 e. The zero-order valence-corrected chi connectivity index (χ0v) is 16.1. The van der Waals surface area contributed by atoms with Gasteiger partial charge >= 0.3 is 0 Å². The van der Waals surface area contributed by atoms with E-state index >= 15 is 0 Å². The van der Waals surface area contributed by atoms with Crippen LogP contribution in [0.3, 0.4) is 0 Å². The van der Waals surface area contributed by atoms with E-state index in [1.165, 1.54) is 17.5 Å². The largest absolute Gasteiger partial charge is 0.378 e. The fourth-order valence-electron chi connectivity index (χ4n) is 3.85. The van der Waals surface area contributed by atoms with Gasteiger partial charge in [-0.3, -0.25) is 4.79 Å². The van der Waals surface area contributed by atoms with Crippen LogP contribution in [0.5, 0.6) is 0 Å². The molecule has 0 spiro atoms. The van der Waals surface area contributed by atoms with E-state index in [0.29, 0.717) is 6.42 Å². The lowest BCUT2D eigenvalue weighted by Gasteiger charge is -2.27. The molecule has 4 heteroatoms. The zero-order valence-electron chi connectivity index (χ0n) is 16.1. The maximum atomic E-state index is 12.9. The first-order valence-corrected chi connectivity index (χ1v) is 10.3. The Morgan fingerprint density at radius 1 is 1.04 bits per heavy atom. The van der Waals surface area contributed by atoms with Gasteiger partial charge in [0.05, 0.1) is 12.2 Å². The fraction of sp³-hybridized carbons (Fsp3) is 0.682. The van der Waals surface area contributed by atoms with Gasteiger partial charge in [0, 0.05) is 32.7 Å². The van der Waals surface area contributed by atoms with Gasteiger partial charge in [0.1, 0.15) is 0 Å². The number of hydrogen-bond acceptors (Lipinski definition) is 3. The van der Waals surface area contributed by atoms with Crippen molar-refractivity contribution in [1.29, 1.82) is 0 Å². The smallest absolute Gasteiger partial charge is 0.222 e. The summed E-state index contributed by atoms with van der Waals surface area (Å²) in [7, 11) is 0. The maximum absolute atomic E-state index is 12.9. The molecule has 0 radical (unpaired) electrons. The summed E-state index contributed by atoms with van der Waals surface area (Å²) in [4.78, 5) is 14.9. The van der Waals surface area contributed by atoms with Crippen molar-refractivity contribution in [2.24, 2.45) is 0 Å². The highest BCUT2D eigenvalue weighted by molar-refractivity contribution is 5.76. The molecule has 144 valence electrons. The Labute approximate surface area is 157 Å². The van der Waals surface area contributed by atoms with Gasteiger partial charge in [-0.2, -0.15) is 0 Å². The highest BCUT2D eigenvalue weighted by Crippen LogP contribution is 2.19. The van der Waals surface area contributed by atoms with Crippen LogP contribution in [-0.2, 0) is 20.7 Å². The van der Waals surface area contributed by atoms with Crippen LogP contribution < -0.4 is 0 Å². The lowest BCUT2D eigenvalue weighted by molar-refractivity contribution is -0.133. The molecule has 4 nitrogen and oxygen atoms in total. The van der Waals surface area contributed by atoms with E-state index in [-0.39, 0.29) is 18.1 Å². The fourth-order valence-corrected chi connectivity index (χ4v) is 3.85. The quantitative estimate of drug-likeness (QED) is 0.707. The van der Waals surface area contributed by atoms with Crippen LogP contribution in [0.2, 0.25) is 0 Å². The molecule has 2 atom stereocenters. The van der Waals surface area contributed by atoms with E-state index in [1.807, 2.05) is 4.90 Å². The molecule has 1 aromatic rings. The molecule has 1 aromatic carbocycles. The second-order valence-corrected chi connectivity index (χ2v) is 7.74. The van der Waals surface area contributed by atoms with E-state index in [4.69, 9.17) is 9.47 Å². The second-order valence-electron chi connectivity index (χ2n) is 7.74. The Morgan fingerprint density at radius 2 is 1.77 bits per heavy atom. The van der Waals surface area contributed by atoms with E-state index in [2.05, 4.69) is 31.2 Å². The molecular weight excluding hydrogens is 326 g/mol. The van der Waals surface area contributed by atoms with Crippen LogP contribution in [0.25, 0.3) is 0 Å². The first-order valence-electron chi connectivity index (χ1n) is 10.3. The van der Waals surface area contributed by atoms with Crippen molar-refractivity contribution in [3.8, 4) is 0 Å². The van der Waals surface area contributed by atoms with Crippen LogP contribution in [0.1, 0.15) is 56.1 Å². The summed E-state index contributed by atoms with van der Waals surface area (Å²) in [5, 5.41) is 0. The third-order valence-electron chi connectivity index (χ3n) is 5.55. The summed E-state index contributed by atoms with van der Waals surface area (Å²) in [6, 6.07) is 8.61.